The number of aromatic nitrogens is 3. The monoisotopic (exact) mass is 461 g/mol. The second kappa shape index (κ2) is 8.76. The number of nitrogens with one attached hydrogen (secondary N) is 2. The minimum absolute atomic E-state index is 0.0294. The summed E-state index contributed by atoms with van der Waals surface area (Å²) in [5.74, 6) is -0.292. The molecule has 0 saturated carbocycles. The standard InChI is InChI=1S/C21H21ClFN5O2S/c1-12(2)28-11-17(22)20(26-28)31(30)27-21(29)25-19-15-5-3-4-14(15)18(23)10-16(19)13-6-8-24-9-7-13/h6-12H,3-5H2,1-2H3,(H2,25,27,29). The van der Waals surface area contributed by atoms with Crippen molar-refractivity contribution in [1.82, 2.24) is 19.5 Å². The Hall–Kier alpha value is -2.78. The number of fused-ring (bicyclic) bond motifs is 1. The van der Waals surface area contributed by atoms with E-state index in [1.165, 1.54) is 6.07 Å². The summed E-state index contributed by atoms with van der Waals surface area (Å²) >= 11 is 6.13. The molecular weight excluding hydrogens is 441 g/mol. The predicted molar refractivity (Wildman–Crippen MR) is 118 cm³/mol. The summed E-state index contributed by atoms with van der Waals surface area (Å²) < 4.78 is 31.3. The SMILES string of the molecule is CC(C)n1cc(Cl)c(S(=O)NC(=O)Nc2c(-c3ccncc3)cc(F)c3c2CCC3)n1. The fourth-order valence-electron chi connectivity index (χ4n) is 3.65. The Morgan fingerprint density at radius 3 is 2.65 bits per heavy atom. The molecule has 3 aromatic rings. The molecule has 1 aliphatic carbocycles. The van der Waals surface area contributed by atoms with Crippen molar-refractivity contribution in [1.29, 1.82) is 0 Å². The number of rotatable bonds is 5. The molecule has 2 N–H and O–H groups in total. The summed E-state index contributed by atoms with van der Waals surface area (Å²) in [7, 11) is -1.96. The van der Waals surface area contributed by atoms with Crippen LogP contribution in [0.15, 0.2) is 41.8 Å². The van der Waals surface area contributed by atoms with Crippen molar-refractivity contribution in [3.8, 4) is 11.1 Å². The minimum atomic E-state index is -1.96. The van der Waals surface area contributed by atoms with E-state index in [-0.39, 0.29) is 21.9 Å². The zero-order chi connectivity index (χ0) is 22.1. The first-order chi connectivity index (χ1) is 14.8. The molecule has 2 aromatic heterocycles. The van der Waals surface area contributed by atoms with Crippen LogP contribution in [-0.2, 0) is 23.8 Å². The zero-order valence-corrected chi connectivity index (χ0v) is 18.6. The fraction of sp³-hybridized carbons (Fsp3) is 0.286. The van der Waals surface area contributed by atoms with Gasteiger partial charge in [0.2, 0.25) is 0 Å². The average Bonchev–Trinajstić information content (AvgIpc) is 3.38. The van der Waals surface area contributed by atoms with Crippen LogP contribution in [0.2, 0.25) is 5.02 Å². The highest BCUT2D eigenvalue weighted by Crippen LogP contribution is 2.39. The average molecular weight is 462 g/mol. The van der Waals surface area contributed by atoms with Crippen molar-refractivity contribution in [2.24, 2.45) is 0 Å². The molecule has 1 unspecified atom stereocenters. The molecule has 2 heterocycles. The molecule has 162 valence electrons. The van der Waals surface area contributed by atoms with Crippen LogP contribution < -0.4 is 10.0 Å². The second-order valence-electron chi connectivity index (χ2n) is 7.51. The third-order valence-corrected chi connectivity index (χ3v) is 6.54. The normalized spacial score (nSPS) is 13.8. The summed E-state index contributed by atoms with van der Waals surface area (Å²) in [6, 6.07) is 4.25. The highest BCUT2D eigenvalue weighted by Gasteiger charge is 2.25. The highest BCUT2D eigenvalue weighted by molar-refractivity contribution is 7.83. The molecule has 10 heteroatoms. The summed E-state index contributed by atoms with van der Waals surface area (Å²) in [6.07, 6.45) is 6.83. The molecule has 7 nitrogen and oxygen atoms in total. The number of amides is 2. The van der Waals surface area contributed by atoms with Gasteiger partial charge >= 0.3 is 6.03 Å². The number of anilines is 1. The Morgan fingerprint density at radius 1 is 1.26 bits per heavy atom. The Bertz CT molecular complexity index is 1170. The molecule has 0 spiro atoms. The van der Waals surface area contributed by atoms with Gasteiger partial charge in [-0.05, 0) is 68.0 Å². The van der Waals surface area contributed by atoms with Gasteiger partial charge in [0.15, 0.2) is 16.0 Å². The van der Waals surface area contributed by atoms with E-state index in [9.17, 15) is 13.4 Å². The van der Waals surface area contributed by atoms with Crippen molar-refractivity contribution in [2.45, 2.75) is 44.2 Å². The van der Waals surface area contributed by atoms with E-state index in [0.717, 1.165) is 17.5 Å². The van der Waals surface area contributed by atoms with E-state index in [1.54, 1.807) is 35.4 Å². The van der Waals surface area contributed by atoms with E-state index < -0.39 is 17.0 Å². The van der Waals surface area contributed by atoms with Crippen LogP contribution >= 0.6 is 11.6 Å². The first-order valence-electron chi connectivity index (χ1n) is 9.84. The number of carbonyl (C=O) groups is 1. The number of nitrogens with zero attached hydrogens (tertiary/aromatic N) is 3. The summed E-state index contributed by atoms with van der Waals surface area (Å²) in [5.41, 5.74) is 3.14. The van der Waals surface area contributed by atoms with Gasteiger partial charge in [0.25, 0.3) is 0 Å². The molecular formula is C21H21ClFN5O2S. The lowest BCUT2D eigenvalue weighted by atomic mass is 9.97. The lowest BCUT2D eigenvalue weighted by molar-refractivity contribution is 0.257. The number of hydrogen-bond acceptors (Lipinski definition) is 4. The topological polar surface area (TPSA) is 88.9 Å². The molecule has 0 aliphatic heterocycles. The Morgan fingerprint density at radius 2 is 1.97 bits per heavy atom. The van der Waals surface area contributed by atoms with Gasteiger partial charge < -0.3 is 5.32 Å². The molecule has 1 aliphatic rings. The Labute approximate surface area is 186 Å². The number of urea groups is 1. The quantitative estimate of drug-likeness (QED) is 0.578. The summed E-state index contributed by atoms with van der Waals surface area (Å²) in [4.78, 5) is 16.7. The molecule has 31 heavy (non-hydrogen) atoms. The van der Waals surface area contributed by atoms with Crippen LogP contribution in [0, 0.1) is 5.82 Å². The fourth-order valence-corrected chi connectivity index (χ4v) is 4.71. The number of carbonyl (C=O) groups excluding carboxylic acids is 1. The van der Waals surface area contributed by atoms with Gasteiger partial charge in [-0.25, -0.2) is 13.4 Å². The summed E-state index contributed by atoms with van der Waals surface area (Å²) in [6.45, 7) is 3.82. The van der Waals surface area contributed by atoms with Gasteiger partial charge in [0.05, 0.1) is 10.7 Å². The summed E-state index contributed by atoms with van der Waals surface area (Å²) in [5, 5.41) is 7.24. The molecule has 1 aromatic carbocycles. The largest absolute Gasteiger partial charge is 0.331 e. The molecule has 0 radical (unpaired) electrons. The first-order valence-corrected chi connectivity index (χ1v) is 11.4. The number of benzene rings is 1. The third-order valence-electron chi connectivity index (χ3n) is 5.12. The van der Waals surface area contributed by atoms with Gasteiger partial charge in [-0.3, -0.25) is 14.4 Å². The maximum atomic E-state index is 14.7. The molecule has 4 rings (SSSR count). The lowest BCUT2D eigenvalue weighted by Gasteiger charge is -2.17. The van der Waals surface area contributed by atoms with Gasteiger partial charge in [-0.1, -0.05) is 11.6 Å². The maximum absolute atomic E-state index is 14.7. The first kappa shape index (κ1) is 21.5. The molecule has 2 amide bonds. The van der Waals surface area contributed by atoms with Crippen molar-refractivity contribution in [2.75, 3.05) is 5.32 Å². The number of hydrogen-bond donors (Lipinski definition) is 2. The third kappa shape index (κ3) is 4.33. The second-order valence-corrected chi connectivity index (χ2v) is 9.04. The van der Waals surface area contributed by atoms with Gasteiger partial charge in [-0.2, -0.15) is 5.10 Å². The van der Waals surface area contributed by atoms with E-state index in [2.05, 4.69) is 20.1 Å². The lowest BCUT2D eigenvalue weighted by Crippen LogP contribution is -2.31. The van der Waals surface area contributed by atoms with E-state index in [1.807, 2.05) is 13.8 Å². The molecule has 0 fully saturated rings. The molecule has 1 atom stereocenters. The van der Waals surface area contributed by atoms with Crippen molar-refractivity contribution in [3.63, 3.8) is 0 Å². The number of halogens is 2. The van der Waals surface area contributed by atoms with Crippen molar-refractivity contribution in [3.05, 3.63) is 58.8 Å². The number of pyridine rings is 1. The van der Waals surface area contributed by atoms with E-state index in [0.29, 0.717) is 29.7 Å². The zero-order valence-electron chi connectivity index (χ0n) is 17.0. The predicted octanol–water partition coefficient (Wildman–Crippen LogP) is 4.65. The van der Waals surface area contributed by atoms with Gasteiger partial charge in [0.1, 0.15) is 5.82 Å². The smallest absolute Gasteiger partial charge is 0.306 e. The Balaban J connectivity index is 1.63. The van der Waals surface area contributed by atoms with Crippen LogP contribution in [0.1, 0.15) is 37.4 Å². The van der Waals surface area contributed by atoms with Crippen LogP contribution in [-0.4, -0.2) is 25.0 Å². The van der Waals surface area contributed by atoms with E-state index in [4.69, 9.17) is 11.6 Å². The molecule has 0 bridgehead atoms. The highest BCUT2D eigenvalue weighted by atomic mass is 35.5. The van der Waals surface area contributed by atoms with Crippen molar-refractivity contribution < 1.29 is 13.4 Å². The van der Waals surface area contributed by atoms with Crippen molar-refractivity contribution >= 4 is 34.3 Å². The van der Waals surface area contributed by atoms with Gasteiger partial charge in [0, 0.05) is 30.2 Å². The maximum Gasteiger partial charge on any atom is 0.331 e. The minimum Gasteiger partial charge on any atom is -0.306 e. The molecule has 0 saturated heterocycles. The van der Waals surface area contributed by atoms with Crippen LogP contribution in [0.4, 0.5) is 14.9 Å². The van der Waals surface area contributed by atoms with E-state index >= 15 is 0 Å². The van der Waals surface area contributed by atoms with Crippen LogP contribution in [0.3, 0.4) is 0 Å². The van der Waals surface area contributed by atoms with Gasteiger partial charge in [-0.15, -0.1) is 0 Å². The van der Waals surface area contributed by atoms with Crippen LogP contribution in [0.25, 0.3) is 11.1 Å². The Kier molecular flexibility index (Phi) is 6.06. The van der Waals surface area contributed by atoms with Crippen LogP contribution in [0.5, 0.6) is 0 Å².